The Morgan fingerprint density at radius 3 is 2.40 bits per heavy atom. The van der Waals surface area contributed by atoms with Crippen LogP contribution in [-0.2, 0) is 9.53 Å². The fraction of sp³-hybridized carbons (Fsp3) is 0.917. The van der Waals surface area contributed by atoms with E-state index < -0.39 is 0 Å². The van der Waals surface area contributed by atoms with E-state index in [0.717, 1.165) is 32.4 Å². The summed E-state index contributed by atoms with van der Waals surface area (Å²) in [6.07, 6.45) is 2.75. The van der Waals surface area contributed by atoms with Gasteiger partial charge in [-0.1, -0.05) is 6.92 Å². The van der Waals surface area contributed by atoms with Gasteiger partial charge in [0.15, 0.2) is 0 Å². The molecule has 3 nitrogen and oxygen atoms in total. The van der Waals surface area contributed by atoms with Crippen molar-refractivity contribution in [1.82, 2.24) is 4.90 Å². The predicted molar refractivity (Wildman–Crippen MR) is 60.7 cm³/mol. The molecule has 0 bridgehead atoms. The molecule has 0 radical (unpaired) electrons. The van der Waals surface area contributed by atoms with Crippen molar-refractivity contribution >= 4 is 5.97 Å². The summed E-state index contributed by atoms with van der Waals surface area (Å²) in [6, 6.07) is 0. The van der Waals surface area contributed by atoms with Gasteiger partial charge in [-0.2, -0.15) is 0 Å². The minimum Gasteiger partial charge on any atom is -0.459 e. The zero-order valence-electron chi connectivity index (χ0n) is 10.4. The molecule has 0 aromatic heterocycles. The molecule has 0 atom stereocenters. The minimum absolute atomic E-state index is 0.00468. The van der Waals surface area contributed by atoms with Gasteiger partial charge in [0.05, 0.1) is 5.92 Å². The van der Waals surface area contributed by atoms with E-state index in [1.807, 2.05) is 20.8 Å². The molecular weight excluding hydrogens is 190 g/mol. The number of rotatable bonds is 3. The summed E-state index contributed by atoms with van der Waals surface area (Å²) in [4.78, 5) is 14.1. The monoisotopic (exact) mass is 213 g/mol. The van der Waals surface area contributed by atoms with E-state index in [-0.39, 0.29) is 17.5 Å². The number of esters is 1. The van der Waals surface area contributed by atoms with Crippen LogP contribution in [0, 0.1) is 5.92 Å². The summed E-state index contributed by atoms with van der Waals surface area (Å²) < 4.78 is 5.50. The Morgan fingerprint density at radius 1 is 1.40 bits per heavy atom. The molecule has 0 amide bonds. The summed E-state index contributed by atoms with van der Waals surface area (Å²) in [5.74, 6) is 0.113. The molecule has 15 heavy (non-hydrogen) atoms. The molecule has 0 unspecified atom stereocenters. The van der Waals surface area contributed by atoms with Crippen molar-refractivity contribution in [2.75, 3.05) is 20.1 Å². The van der Waals surface area contributed by atoms with Gasteiger partial charge in [-0.05, 0) is 53.2 Å². The lowest BCUT2D eigenvalue weighted by Crippen LogP contribution is -2.37. The third-order valence-corrected chi connectivity index (χ3v) is 3.28. The van der Waals surface area contributed by atoms with E-state index in [1.54, 1.807) is 0 Å². The Bertz CT molecular complexity index is 218. The van der Waals surface area contributed by atoms with E-state index in [4.69, 9.17) is 4.74 Å². The SMILES string of the molecule is CCC(C)(C)OC(=O)C1CCN(C)CC1. The maximum Gasteiger partial charge on any atom is 0.309 e. The number of carbonyl (C=O) groups excluding carboxylic acids is 1. The van der Waals surface area contributed by atoms with E-state index in [2.05, 4.69) is 11.9 Å². The number of hydrogen-bond acceptors (Lipinski definition) is 3. The van der Waals surface area contributed by atoms with Gasteiger partial charge in [0.1, 0.15) is 5.60 Å². The molecule has 0 saturated carbocycles. The summed E-state index contributed by atoms with van der Waals surface area (Å²) in [7, 11) is 2.09. The second-order valence-electron chi connectivity index (χ2n) is 5.11. The maximum absolute atomic E-state index is 11.8. The maximum atomic E-state index is 11.8. The van der Waals surface area contributed by atoms with Crippen LogP contribution in [0.25, 0.3) is 0 Å². The molecule has 88 valence electrons. The van der Waals surface area contributed by atoms with Crippen LogP contribution in [0.2, 0.25) is 0 Å². The normalized spacial score (nSPS) is 20.3. The second-order valence-corrected chi connectivity index (χ2v) is 5.11. The topological polar surface area (TPSA) is 29.5 Å². The fourth-order valence-corrected chi connectivity index (χ4v) is 1.67. The quantitative estimate of drug-likeness (QED) is 0.672. The third kappa shape index (κ3) is 3.82. The van der Waals surface area contributed by atoms with E-state index in [0.29, 0.717) is 0 Å². The van der Waals surface area contributed by atoms with Crippen LogP contribution in [-0.4, -0.2) is 36.6 Å². The van der Waals surface area contributed by atoms with Crippen molar-refractivity contribution in [2.45, 2.75) is 45.6 Å². The first-order valence-corrected chi connectivity index (χ1v) is 5.86. The minimum atomic E-state index is -0.305. The molecule has 1 aliphatic heterocycles. The lowest BCUT2D eigenvalue weighted by atomic mass is 9.97. The molecule has 1 saturated heterocycles. The summed E-state index contributed by atoms with van der Waals surface area (Å²) in [6.45, 7) is 8.00. The Hall–Kier alpha value is -0.570. The van der Waals surface area contributed by atoms with Crippen LogP contribution in [0.4, 0.5) is 0 Å². The fourth-order valence-electron chi connectivity index (χ4n) is 1.67. The second kappa shape index (κ2) is 4.97. The summed E-state index contributed by atoms with van der Waals surface area (Å²) in [5, 5.41) is 0. The van der Waals surface area contributed by atoms with Crippen molar-refractivity contribution < 1.29 is 9.53 Å². The number of piperidine rings is 1. The molecule has 0 N–H and O–H groups in total. The number of nitrogens with zero attached hydrogens (tertiary/aromatic N) is 1. The highest BCUT2D eigenvalue weighted by atomic mass is 16.6. The number of likely N-dealkylation sites (tertiary alicyclic amines) is 1. The summed E-state index contributed by atoms with van der Waals surface area (Å²) in [5.41, 5.74) is -0.305. The molecule has 0 spiro atoms. The zero-order chi connectivity index (χ0) is 11.5. The zero-order valence-corrected chi connectivity index (χ0v) is 10.4. The van der Waals surface area contributed by atoms with E-state index in [9.17, 15) is 4.79 Å². The first-order chi connectivity index (χ1) is 6.94. The Balaban J connectivity index is 2.41. The van der Waals surface area contributed by atoms with Crippen molar-refractivity contribution in [3.63, 3.8) is 0 Å². The van der Waals surface area contributed by atoms with Crippen LogP contribution in [0.1, 0.15) is 40.0 Å². The van der Waals surface area contributed by atoms with Crippen LogP contribution >= 0.6 is 0 Å². The lowest BCUT2D eigenvalue weighted by Gasteiger charge is -2.31. The largest absolute Gasteiger partial charge is 0.459 e. The lowest BCUT2D eigenvalue weighted by molar-refractivity contribution is -0.163. The van der Waals surface area contributed by atoms with Gasteiger partial charge in [0, 0.05) is 0 Å². The van der Waals surface area contributed by atoms with Crippen LogP contribution < -0.4 is 0 Å². The van der Waals surface area contributed by atoms with Gasteiger partial charge in [-0.25, -0.2) is 0 Å². The van der Waals surface area contributed by atoms with Crippen LogP contribution in [0.3, 0.4) is 0 Å². The predicted octanol–water partition coefficient (Wildman–Crippen LogP) is 2.06. The molecule has 0 aromatic carbocycles. The molecule has 1 fully saturated rings. The average molecular weight is 213 g/mol. The number of carbonyl (C=O) groups is 1. The highest BCUT2D eigenvalue weighted by Crippen LogP contribution is 2.22. The highest BCUT2D eigenvalue weighted by molar-refractivity contribution is 5.73. The first kappa shape index (κ1) is 12.5. The van der Waals surface area contributed by atoms with Crippen molar-refractivity contribution in [1.29, 1.82) is 0 Å². The molecule has 3 heteroatoms. The standard InChI is InChI=1S/C12H23NO2/c1-5-12(2,3)15-11(14)10-6-8-13(4)9-7-10/h10H,5-9H2,1-4H3. The number of hydrogen-bond donors (Lipinski definition) is 0. The Morgan fingerprint density at radius 2 is 1.93 bits per heavy atom. The van der Waals surface area contributed by atoms with Gasteiger partial charge in [-0.3, -0.25) is 4.79 Å². The van der Waals surface area contributed by atoms with Crippen molar-refractivity contribution in [3.05, 3.63) is 0 Å². The Kier molecular flexibility index (Phi) is 4.14. The molecule has 1 aliphatic rings. The number of ether oxygens (including phenoxy) is 1. The van der Waals surface area contributed by atoms with Crippen LogP contribution in [0.15, 0.2) is 0 Å². The average Bonchev–Trinajstić information content (AvgIpc) is 2.18. The molecule has 0 aromatic rings. The van der Waals surface area contributed by atoms with Crippen molar-refractivity contribution in [3.8, 4) is 0 Å². The van der Waals surface area contributed by atoms with Crippen molar-refractivity contribution in [2.24, 2.45) is 5.92 Å². The van der Waals surface area contributed by atoms with Gasteiger partial charge < -0.3 is 9.64 Å². The Labute approximate surface area is 92.8 Å². The summed E-state index contributed by atoms with van der Waals surface area (Å²) >= 11 is 0. The van der Waals surface area contributed by atoms with Crippen LogP contribution in [0.5, 0.6) is 0 Å². The van der Waals surface area contributed by atoms with Gasteiger partial charge >= 0.3 is 5.97 Å². The van der Waals surface area contributed by atoms with E-state index in [1.165, 1.54) is 0 Å². The molecule has 1 heterocycles. The highest BCUT2D eigenvalue weighted by Gasteiger charge is 2.29. The molecule has 0 aliphatic carbocycles. The molecular formula is C12H23NO2. The van der Waals surface area contributed by atoms with Gasteiger partial charge in [0.2, 0.25) is 0 Å². The first-order valence-electron chi connectivity index (χ1n) is 5.86. The third-order valence-electron chi connectivity index (χ3n) is 3.28. The van der Waals surface area contributed by atoms with E-state index >= 15 is 0 Å². The molecule has 1 rings (SSSR count). The smallest absolute Gasteiger partial charge is 0.309 e. The van der Waals surface area contributed by atoms with Gasteiger partial charge in [-0.15, -0.1) is 0 Å². The van der Waals surface area contributed by atoms with Gasteiger partial charge in [0.25, 0.3) is 0 Å².